The first-order valence-electron chi connectivity index (χ1n) is 28.4. The number of hydrogen-bond donors (Lipinski definition) is 3. The van der Waals surface area contributed by atoms with Crippen molar-refractivity contribution in [3.05, 3.63) is 0 Å². The van der Waals surface area contributed by atoms with Crippen molar-refractivity contribution in [2.75, 3.05) is 40.9 Å². The molecular formula is C55H114N2O6P+. The summed E-state index contributed by atoms with van der Waals surface area (Å²) in [5, 5.41) is 14.1. The zero-order valence-electron chi connectivity index (χ0n) is 43.8. The van der Waals surface area contributed by atoms with Gasteiger partial charge in [-0.1, -0.05) is 277 Å². The Morgan fingerprint density at radius 3 is 1.05 bits per heavy atom. The Hall–Kier alpha value is -0.500. The fourth-order valence-corrected chi connectivity index (χ4v) is 9.61. The molecule has 0 saturated carbocycles. The summed E-state index contributed by atoms with van der Waals surface area (Å²) in [6.45, 7) is 4.94. The summed E-state index contributed by atoms with van der Waals surface area (Å²) in [6, 6.07) is -0.754. The fourth-order valence-electron chi connectivity index (χ4n) is 8.87. The summed E-state index contributed by atoms with van der Waals surface area (Å²) in [5.74, 6) is -0.136. The quantitative estimate of drug-likeness (QED) is 0.0319. The zero-order valence-corrected chi connectivity index (χ0v) is 44.7. The van der Waals surface area contributed by atoms with E-state index in [0.29, 0.717) is 23.9 Å². The van der Waals surface area contributed by atoms with Crippen molar-refractivity contribution < 1.29 is 32.9 Å². The van der Waals surface area contributed by atoms with Gasteiger partial charge in [0.15, 0.2) is 0 Å². The van der Waals surface area contributed by atoms with E-state index >= 15 is 0 Å². The van der Waals surface area contributed by atoms with E-state index < -0.39 is 20.0 Å². The number of carbonyl (C=O) groups is 1. The molecule has 9 heteroatoms. The van der Waals surface area contributed by atoms with Crippen LogP contribution in [-0.4, -0.2) is 73.4 Å². The van der Waals surface area contributed by atoms with E-state index in [1.807, 2.05) is 21.1 Å². The zero-order chi connectivity index (χ0) is 47.1. The van der Waals surface area contributed by atoms with Gasteiger partial charge in [-0.15, -0.1) is 0 Å². The number of likely N-dealkylation sites (N-methyl/N-ethyl adjacent to an activating group) is 1. The van der Waals surface area contributed by atoms with Crippen molar-refractivity contribution in [2.45, 2.75) is 309 Å². The largest absolute Gasteiger partial charge is 0.472 e. The maximum atomic E-state index is 13.0. The minimum absolute atomic E-state index is 0.0790. The highest BCUT2D eigenvalue weighted by molar-refractivity contribution is 7.47. The summed E-state index contributed by atoms with van der Waals surface area (Å²) in [5.41, 5.74) is 0. The first-order valence-corrected chi connectivity index (χ1v) is 29.9. The lowest BCUT2D eigenvalue weighted by atomic mass is 10.0. The normalized spacial score (nSPS) is 13.9. The number of rotatable bonds is 53. The van der Waals surface area contributed by atoms with E-state index in [4.69, 9.17) is 9.05 Å². The molecule has 0 aromatic carbocycles. The molecule has 0 bridgehead atoms. The van der Waals surface area contributed by atoms with Crippen molar-refractivity contribution in [1.82, 2.24) is 5.32 Å². The van der Waals surface area contributed by atoms with Gasteiger partial charge in [-0.3, -0.25) is 13.8 Å². The molecule has 384 valence electrons. The minimum atomic E-state index is -4.31. The number of quaternary nitrogens is 1. The summed E-state index contributed by atoms with van der Waals surface area (Å²) >= 11 is 0. The van der Waals surface area contributed by atoms with E-state index in [-0.39, 0.29) is 19.1 Å². The second kappa shape index (κ2) is 47.6. The second-order valence-corrected chi connectivity index (χ2v) is 22.5. The van der Waals surface area contributed by atoms with E-state index in [1.54, 1.807) is 0 Å². The molecule has 0 heterocycles. The highest BCUT2D eigenvalue weighted by Gasteiger charge is 2.28. The minimum Gasteiger partial charge on any atom is -0.391 e. The molecule has 0 aliphatic rings. The van der Waals surface area contributed by atoms with Gasteiger partial charge in [0.05, 0.1) is 39.9 Å². The average Bonchev–Trinajstić information content (AvgIpc) is 3.25. The van der Waals surface area contributed by atoms with E-state index in [0.717, 1.165) is 38.5 Å². The lowest BCUT2D eigenvalue weighted by molar-refractivity contribution is -0.870. The molecule has 0 saturated heterocycles. The van der Waals surface area contributed by atoms with Gasteiger partial charge in [-0.25, -0.2) is 4.57 Å². The Labute approximate surface area is 399 Å². The molecule has 3 N–H and O–H groups in total. The van der Waals surface area contributed by atoms with Crippen LogP contribution < -0.4 is 5.32 Å². The fraction of sp³-hybridized carbons (Fsp3) is 0.982. The van der Waals surface area contributed by atoms with Crippen LogP contribution >= 0.6 is 7.82 Å². The third kappa shape index (κ3) is 49.4. The van der Waals surface area contributed by atoms with Crippen molar-refractivity contribution in [3.8, 4) is 0 Å². The number of nitrogens with one attached hydrogen (secondary N) is 1. The van der Waals surface area contributed by atoms with Crippen molar-refractivity contribution in [1.29, 1.82) is 0 Å². The summed E-state index contributed by atoms with van der Waals surface area (Å²) in [7, 11) is 1.64. The maximum Gasteiger partial charge on any atom is 0.472 e. The van der Waals surface area contributed by atoms with Crippen molar-refractivity contribution in [3.63, 3.8) is 0 Å². The number of nitrogens with zero attached hydrogens (tertiary/aromatic N) is 1. The standard InChI is InChI=1S/C55H113N2O6P/c1-6-8-10-12-14-16-18-20-22-24-25-26-27-28-29-30-31-32-33-35-37-39-41-43-45-47-49-55(59)56-53(52-63-64(60,61)62-51-50-57(3,4)5)54(58)48-46-44-42-40-38-36-34-23-21-19-17-15-13-11-9-7-2/h53-54,58H,6-52H2,1-5H3,(H-,56,59,60,61)/p+1/t53-,54+/m0/s1. The Bertz CT molecular complexity index is 1010. The highest BCUT2D eigenvalue weighted by Crippen LogP contribution is 2.43. The monoisotopic (exact) mass is 930 g/mol. The van der Waals surface area contributed by atoms with Crippen LogP contribution in [0.5, 0.6) is 0 Å². The number of aliphatic hydroxyl groups excluding tert-OH is 1. The van der Waals surface area contributed by atoms with Crippen LogP contribution in [0, 0.1) is 0 Å². The smallest absolute Gasteiger partial charge is 0.391 e. The van der Waals surface area contributed by atoms with Crippen molar-refractivity contribution >= 4 is 13.7 Å². The predicted octanol–water partition coefficient (Wildman–Crippen LogP) is 16.9. The van der Waals surface area contributed by atoms with Gasteiger partial charge in [-0.05, 0) is 12.8 Å². The molecule has 0 rings (SSSR count). The number of hydrogen-bond acceptors (Lipinski definition) is 5. The molecule has 1 amide bonds. The van der Waals surface area contributed by atoms with Gasteiger partial charge >= 0.3 is 7.82 Å². The molecule has 0 radical (unpaired) electrons. The summed E-state index contributed by atoms with van der Waals surface area (Å²) in [4.78, 5) is 23.3. The molecule has 0 aromatic heterocycles. The number of unbranched alkanes of at least 4 members (excludes halogenated alkanes) is 40. The number of phosphoric ester groups is 1. The number of phosphoric acid groups is 1. The van der Waals surface area contributed by atoms with Crippen LogP contribution in [0.3, 0.4) is 0 Å². The lowest BCUT2D eigenvalue weighted by Gasteiger charge is -2.26. The average molecular weight is 930 g/mol. The van der Waals surface area contributed by atoms with Gasteiger partial charge in [0.1, 0.15) is 13.2 Å². The first-order chi connectivity index (χ1) is 31.0. The van der Waals surface area contributed by atoms with Crippen LogP contribution in [0.2, 0.25) is 0 Å². The molecule has 0 aromatic rings. The molecule has 0 spiro atoms. The molecule has 3 atom stereocenters. The molecule has 0 aliphatic heterocycles. The maximum absolute atomic E-state index is 13.0. The molecule has 8 nitrogen and oxygen atoms in total. The summed E-state index contributed by atoms with van der Waals surface area (Å²) in [6.07, 6.45) is 55.8. The van der Waals surface area contributed by atoms with E-state index in [2.05, 4.69) is 19.2 Å². The Kier molecular flexibility index (Phi) is 47.2. The van der Waals surface area contributed by atoms with Crippen LogP contribution in [0.15, 0.2) is 0 Å². The number of carbonyl (C=O) groups excluding carboxylic acids is 1. The predicted molar refractivity (Wildman–Crippen MR) is 277 cm³/mol. The van der Waals surface area contributed by atoms with Gasteiger partial charge < -0.3 is 19.8 Å². The third-order valence-corrected chi connectivity index (χ3v) is 14.3. The second-order valence-electron chi connectivity index (χ2n) is 21.0. The molecule has 64 heavy (non-hydrogen) atoms. The van der Waals surface area contributed by atoms with Crippen molar-refractivity contribution in [2.24, 2.45) is 0 Å². The van der Waals surface area contributed by atoms with Crippen LogP contribution in [0.25, 0.3) is 0 Å². The molecule has 1 unspecified atom stereocenters. The van der Waals surface area contributed by atoms with Crippen LogP contribution in [-0.2, 0) is 18.4 Å². The number of aliphatic hydroxyl groups is 1. The Balaban J connectivity index is 4.08. The first kappa shape index (κ1) is 63.5. The summed E-state index contributed by atoms with van der Waals surface area (Å²) < 4.78 is 23.8. The van der Waals surface area contributed by atoms with E-state index in [1.165, 1.54) is 231 Å². The number of amides is 1. The van der Waals surface area contributed by atoms with Gasteiger partial charge in [0.2, 0.25) is 5.91 Å². The third-order valence-electron chi connectivity index (χ3n) is 13.4. The SMILES string of the molecule is CCCCCCCCCCCCCCCCCCCCCCCCCCCCC(=O)N[C@@H](COP(=O)(O)OCC[N+](C)(C)C)[C@H](O)CCCCCCCCCCCCCCCCCC. The topological polar surface area (TPSA) is 105 Å². The highest BCUT2D eigenvalue weighted by atomic mass is 31.2. The van der Waals surface area contributed by atoms with Crippen LogP contribution in [0.1, 0.15) is 296 Å². The van der Waals surface area contributed by atoms with E-state index in [9.17, 15) is 19.4 Å². The Morgan fingerprint density at radius 1 is 0.469 bits per heavy atom. The Morgan fingerprint density at radius 2 is 0.750 bits per heavy atom. The molecule has 0 fully saturated rings. The molecular weight excluding hydrogens is 816 g/mol. The van der Waals surface area contributed by atoms with Crippen LogP contribution in [0.4, 0.5) is 0 Å². The van der Waals surface area contributed by atoms with Gasteiger partial charge in [0.25, 0.3) is 0 Å². The molecule has 0 aliphatic carbocycles. The lowest BCUT2D eigenvalue weighted by Crippen LogP contribution is -2.46. The van der Waals surface area contributed by atoms with Gasteiger partial charge in [-0.2, -0.15) is 0 Å². The van der Waals surface area contributed by atoms with Gasteiger partial charge in [0, 0.05) is 6.42 Å².